The summed E-state index contributed by atoms with van der Waals surface area (Å²) < 4.78 is 0. The maximum absolute atomic E-state index is 11.9. The van der Waals surface area contributed by atoms with Gasteiger partial charge in [-0.3, -0.25) is 4.79 Å². The van der Waals surface area contributed by atoms with Crippen LogP contribution in [-0.2, 0) is 0 Å². The molecule has 0 amide bonds. The molecular weight excluding hydrogens is 290 g/mol. The van der Waals surface area contributed by atoms with Gasteiger partial charge in [-0.2, -0.15) is 10.5 Å². The molecule has 0 radical (unpaired) electrons. The minimum absolute atomic E-state index is 0.0184. The van der Waals surface area contributed by atoms with Crippen LogP contribution in [0.4, 0.5) is 11.5 Å². The fraction of sp³-hybridized carbons (Fsp3) is 0.235. The Kier molecular flexibility index (Phi) is 3.74. The first-order chi connectivity index (χ1) is 11.2. The Labute approximate surface area is 133 Å². The van der Waals surface area contributed by atoms with Crippen molar-refractivity contribution in [2.24, 2.45) is 0 Å². The van der Waals surface area contributed by atoms with Gasteiger partial charge in [-0.05, 0) is 30.5 Å². The van der Waals surface area contributed by atoms with Crippen molar-refractivity contribution in [1.82, 2.24) is 4.98 Å². The van der Waals surface area contributed by atoms with Gasteiger partial charge >= 0.3 is 0 Å². The van der Waals surface area contributed by atoms with E-state index in [4.69, 9.17) is 5.73 Å². The predicted octanol–water partition coefficient (Wildman–Crippen LogP) is 1.97. The number of pyridine rings is 1. The maximum Gasteiger partial charge on any atom is 0.268 e. The Morgan fingerprint density at radius 2 is 1.65 bits per heavy atom. The van der Waals surface area contributed by atoms with E-state index in [1.807, 2.05) is 36.4 Å². The molecule has 3 N–H and O–H groups in total. The molecule has 23 heavy (non-hydrogen) atoms. The van der Waals surface area contributed by atoms with Crippen molar-refractivity contribution in [2.45, 2.75) is 12.8 Å². The molecule has 0 atom stereocenters. The topological polar surface area (TPSA) is 110 Å². The minimum atomic E-state index is -0.581. The van der Waals surface area contributed by atoms with Gasteiger partial charge in [-0.15, -0.1) is 0 Å². The summed E-state index contributed by atoms with van der Waals surface area (Å²) in [6.45, 7) is 2.06. The average Bonchev–Trinajstić information content (AvgIpc) is 3.09. The summed E-state index contributed by atoms with van der Waals surface area (Å²) in [6, 6.07) is 11.4. The van der Waals surface area contributed by atoms with Crippen molar-refractivity contribution in [3.05, 3.63) is 45.7 Å². The number of nitriles is 2. The second kappa shape index (κ2) is 5.86. The zero-order valence-corrected chi connectivity index (χ0v) is 12.5. The van der Waals surface area contributed by atoms with Crippen LogP contribution in [0.1, 0.15) is 24.0 Å². The summed E-state index contributed by atoms with van der Waals surface area (Å²) in [6.07, 6.45) is 2.37. The second-order valence-electron chi connectivity index (χ2n) is 5.46. The summed E-state index contributed by atoms with van der Waals surface area (Å²) in [5.41, 5.74) is 7.21. The molecule has 114 valence electrons. The summed E-state index contributed by atoms with van der Waals surface area (Å²) >= 11 is 0. The van der Waals surface area contributed by atoms with Crippen molar-refractivity contribution >= 4 is 11.5 Å². The fourth-order valence-corrected chi connectivity index (χ4v) is 2.95. The van der Waals surface area contributed by atoms with Gasteiger partial charge in [0.2, 0.25) is 0 Å². The minimum Gasteiger partial charge on any atom is -0.384 e. The van der Waals surface area contributed by atoms with E-state index in [0.717, 1.165) is 18.8 Å². The van der Waals surface area contributed by atoms with Gasteiger partial charge in [-0.1, -0.05) is 12.1 Å². The maximum atomic E-state index is 11.9. The first-order valence-electron chi connectivity index (χ1n) is 7.37. The standard InChI is InChI=1S/C17H15N5O/c18-9-13-15(14(10-19)17(23)21-16(13)20)11-3-5-12(6-4-11)22-7-1-2-8-22/h3-6H,1-2,7-8H2,(H3,20,21,23). The molecule has 1 saturated heterocycles. The number of aromatic amines is 1. The summed E-state index contributed by atoms with van der Waals surface area (Å²) in [5, 5.41) is 18.6. The molecule has 6 nitrogen and oxygen atoms in total. The van der Waals surface area contributed by atoms with Gasteiger partial charge in [0.05, 0.1) is 0 Å². The lowest BCUT2D eigenvalue weighted by Gasteiger charge is -2.18. The molecule has 0 bridgehead atoms. The highest BCUT2D eigenvalue weighted by atomic mass is 16.1. The van der Waals surface area contributed by atoms with E-state index in [1.165, 1.54) is 12.8 Å². The Morgan fingerprint density at radius 3 is 2.22 bits per heavy atom. The van der Waals surface area contributed by atoms with Crippen LogP contribution in [0.25, 0.3) is 11.1 Å². The van der Waals surface area contributed by atoms with Gasteiger partial charge in [0.25, 0.3) is 5.56 Å². The molecule has 0 saturated carbocycles. The zero-order valence-electron chi connectivity index (χ0n) is 12.5. The molecule has 3 rings (SSSR count). The molecule has 6 heteroatoms. The highest BCUT2D eigenvalue weighted by Crippen LogP contribution is 2.30. The van der Waals surface area contributed by atoms with E-state index < -0.39 is 5.56 Å². The van der Waals surface area contributed by atoms with Crippen LogP contribution in [-0.4, -0.2) is 18.1 Å². The van der Waals surface area contributed by atoms with E-state index >= 15 is 0 Å². The van der Waals surface area contributed by atoms with E-state index in [2.05, 4.69) is 9.88 Å². The van der Waals surface area contributed by atoms with Crippen molar-refractivity contribution in [3.63, 3.8) is 0 Å². The number of hydrogen-bond acceptors (Lipinski definition) is 5. The van der Waals surface area contributed by atoms with E-state index in [0.29, 0.717) is 11.1 Å². The van der Waals surface area contributed by atoms with Gasteiger partial charge in [0.1, 0.15) is 29.1 Å². The number of nitrogens with two attached hydrogens (primary N) is 1. The third kappa shape index (κ3) is 2.51. The van der Waals surface area contributed by atoms with Crippen LogP contribution in [0, 0.1) is 22.7 Å². The van der Waals surface area contributed by atoms with Gasteiger partial charge in [0, 0.05) is 24.3 Å². The molecule has 0 spiro atoms. The monoisotopic (exact) mass is 305 g/mol. The number of rotatable bonds is 2. The Hall–Kier alpha value is -3.25. The average molecular weight is 305 g/mol. The van der Waals surface area contributed by atoms with E-state index in [9.17, 15) is 15.3 Å². The molecule has 1 fully saturated rings. The number of nitrogen functional groups attached to an aromatic ring is 1. The van der Waals surface area contributed by atoms with Crippen LogP contribution in [0.15, 0.2) is 29.1 Å². The van der Waals surface area contributed by atoms with Crippen molar-refractivity contribution < 1.29 is 0 Å². The first kappa shape index (κ1) is 14.7. The molecule has 2 heterocycles. The molecular formula is C17H15N5O. The van der Waals surface area contributed by atoms with Gasteiger partial charge < -0.3 is 15.6 Å². The quantitative estimate of drug-likeness (QED) is 0.881. The van der Waals surface area contributed by atoms with Crippen LogP contribution in [0.5, 0.6) is 0 Å². The SMILES string of the molecule is N#Cc1c(N)[nH]c(=O)c(C#N)c1-c1ccc(N2CCCC2)cc1. The zero-order chi connectivity index (χ0) is 16.4. The predicted molar refractivity (Wildman–Crippen MR) is 87.8 cm³/mol. The number of benzene rings is 1. The molecule has 1 aliphatic heterocycles. The summed E-state index contributed by atoms with van der Waals surface area (Å²) in [4.78, 5) is 16.6. The van der Waals surface area contributed by atoms with Crippen molar-refractivity contribution in [1.29, 1.82) is 10.5 Å². The number of H-pyrrole nitrogens is 1. The van der Waals surface area contributed by atoms with Crippen molar-refractivity contribution in [2.75, 3.05) is 23.7 Å². The molecule has 1 aliphatic rings. The molecule has 1 aromatic heterocycles. The van der Waals surface area contributed by atoms with E-state index in [-0.39, 0.29) is 16.9 Å². The molecule has 0 aliphatic carbocycles. The second-order valence-corrected chi connectivity index (χ2v) is 5.46. The number of nitrogens with one attached hydrogen (secondary N) is 1. The highest BCUT2D eigenvalue weighted by molar-refractivity contribution is 5.80. The van der Waals surface area contributed by atoms with Crippen LogP contribution < -0.4 is 16.2 Å². The van der Waals surface area contributed by atoms with Gasteiger partial charge in [-0.25, -0.2) is 0 Å². The Morgan fingerprint density at radius 1 is 1.04 bits per heavy atom. The highest BCUT2D eigenvalue weighted by Gasteiger charge is 2.18. The normalized spacial score (nSPS) is 13.6. The third-order valence-electron chi connectivity index (χ3n) is 4.10. The third-order valence-corrected chi connectivity index (χ3v) is 4.10. The van der Waals surface area contributed by atoms with Crippen LogP contribution >= 0.6 is 0 Å². The number of hydrogen-bond donors (Lipinski definition) is 2. The largest absolute Gasteiger partial charge is 0.384 e. The summed E-state index contributed by atoms with van der Waals surface area (Å²) in [5.74, 6) is -0.0184. The molecule has 2 aromatic rings. The van der Waals surface area contributed by atoms with Gasteiger partial charge in [0.15, 0.2) is 0 Å². The van der Waals surface area contributed by atoms with Crippen LogP contribution in [0.2, 0.25) is 0 Å². The van der Waals surface area contributed by atoms with Crippen molar-refractivity contribution in [3.8, 4) is 23.3 Å². The summed E-state index contributed by atoms with van der Waals surface area (Å²) in [7, 11) is 0. The number of anilines is 2. The lowest BCUT2D eigenvalue weighted by Crippen LogP contribution is -2.17. The molecule has 1 aromatic carbocycles. The number of aromatic nitrogens is 1. The van der Waals surface area contributed by atoms with Crippen LogP contribution in [0.3, 0.4) is 0 Å². The van der Waals surface area contributed by atoms with E-state index in [1.54, 1.807) is 0 Å². The number of nitrogens with zero attached hydrogens (tertiary/aromatic N) is 3. The Bertz CT molecular complexity index is 877. The Balaban J connectivity index is 2.13. The smallest absolute Gasteiger partial charge is 0.268 e. The lowest BCUT2D eigenvalue weighted by molar-refractivity contribution is 0.949. The fourth-order valence-electron chi connectivity index (χ4n) is 2.95. The molecule has 0 unspecified atom stereocenters. The first-order valence-corrected chi connectivity index (χ1v) is 7.37. The lowest BCUT2D eigenvalue weighted by atomic mass is 9.96.